The van der Waals surface area contributed by atoms with Crippen molar-refractivity contribution in [3.05, 3.63) is 0 Å². The topological polar surface area (TPSA) is 121 Å². The lowest BCUT2D eigenvalue weighted by Gasteiger charge is -2.25. The zero-order valence-electron chi connectivity index (χ0n) is 20.8. The van der Waals surface area contributed by atoms with Crippen molar-refractivity contribution in [2.75, 3.05) is 0 Å². The van der Waals surface area contributed by atoms with Crippen LogP contribution in [0.4, 0.5) is 0 Å². The van der Waals surface area contributed by atoms with Gasteiger partial charge in [0.05, 0.1) is 0 Å². The molecule has 0 bridgehead atoms. The third-order valence-corrected chi connectivity index (χ3v) is 5.84. The number of hydrogen-bond acceptors (Lipinski definition) is 6. The molecule has 0 heterocycles. The van der Waals surface area contributed by atoms with E-state index < -0.39 is 5.54 Å². The standard InChI is InChI=1S/C25H47NO3.ClHO2/c1-4-7-10-13-16-19-22(27)25(26,23(28)20-17-14-11-8-5-2)24(29)21-18-15-12-9-6-3;2-1-3/h4-21,26H2,1-3H3;2H. The monoisotopic (exact) mass is 477 g/mol. The van der Waals surface area contributed by atoms with E-state index in [1.54, 1.807) is 0 Å². The summed E-state index contributed by atoms with van der Waals surface area (Å²) < 4.78 is 15.2. The number of carbonyl (C=O) groups is 3. The maximum absolute atomic E-state index is 12.9. The number of unbranched alkanes of at least 4 members (excludes halogenated alkanes) is 12. The first-order valence-electron chi connectivity index (χ1n) is 12.7. The largest absolute Gasteiger partial charge is 0.506 e. The van der Waals surface area contributed by atoms with Gasteiger partial charge in [-0.2, -0.15) is 0 Å². The fourth-order valence-electron chi connectivity index (χ4n) is 3.73. The van der Waals surface area contributed by atoms with Crippen molar-refractivity contribution in [2.45, 2.75) is 142 Å². The highest BCUT2D eigenvalue weighted by Crippen LogP contribution is 2.20. The van der Waals surface area contributed by atoms with E-state index in [1.165, 1.54) is 0 Å². The SMILES string of the molecule is CCCCCCCC(=O)C(N)(C(=O)CCCCCCC)C(=O)CCCCCCC.[O-][Cl+]O. The second-order valence-corrected chi connectivity index (χ2v) is 8.78. The Bertz CT molecular complexity index is 420. The molecule has 0 saturated heterocycles. The van der Waals surface area contributed by atoms with Crippen LogP contribution in [-0.4, -0.2) is 27.5 Å². The predicted octanol–water partition coefficient (Wildman–Crippen LogP) is 4.73. The van der Waals surface area contributed by atoms with Crippen LogP contribution in [0.3, 0.4) is 0 Å². The highest BCUT2D eigenvalue weighted by atomic mass is 35.6. The second-order valence-electron chi connectivity index (χ2n) is 8.64. The predicted molar refractivity (Wildman–Crippen MR) is 124 cm³/mol. The minimum Gasteiger partial charge on any atom is -0.506 e. The van der Waals surface area contributed by atoms with Crippen LogP contribution < -0.4 is 10.4 Å². The molecule has 0 aromatic carbocycles. The minimum atomic E-state index is -1.90. The molecule has 7 heteroatoms. The van der Waals surface area contributed by atoms with E-state index in [9.17, 15) is 14.4 Å². The van der Waals surface area contributed by atoms with Gasteiger partial charge in [0, 0.05) is 19.3 Å². The first kappa shape index (κ1) is 33.4. The van der Waals surface area contributed by atoms with Crippen LogP contribution in [0.5, 0.6) is 0 Å². The molecule has 0 aromatic rings. The van der Waals surface area contributed by atoms with Gasteiger partial charge in [0.25, 0.3) is 0 Å². The zero-order chi connectivity index (χ0) is 24.7. The van der Waals surface area contributed by atoms with Gasteiger partial charge in [0.15, 0.2) is 22.9 Å². The molecule has 0 fully saturated rings. The maximum atomic E-state index is 12.9. The summed E-state index contributed by atoms with van der Waals surface area (Å²) in [4.78, 5) is 38.7. The second kappa shape index (κ2) is 23.3. The summed E-state index contributed by atoms with van der Waals surface area (Å²) in [5, 5.41) is 0. The lowest BCUT2D eigenvalue weighted by molar-refractivity contribution is -1.27. The van der Waals surface area contributed by atoms with E-state index in [1.807, 2.05) is 0 Å². The Morgan fingerprint density at radius 3 is 1.06 bits per heavy atom. The van der Waals surface area contributed by atoms with Crippen molar-refractivity contribution >= 4 is 17.3 Å². The fourth-order valence-corrected chi connectivity index (χ4v) is 3.73. The molecule has 0 unspecified atom stereocenters. The van der Waals surface area contributed by atoms with E-state index in [4.69, 9.17) is 15.1 Å². The van der Waals surface area contributed by atoms with E-state index in [2.05, 4.69) is 20.8 Å². The molecular weight excluding hydrogens is 430 g/mol. The lowest BCUT2D eigenvalue weighted by Crippen LogP contribution is -2.61. The van der Waals surface area contributed by atoms with Gasteiger partial charge in [-0.15, -0.1) is 4.66 Å². The maximum Gasteiger partial charge on any atom is 0.327 e. The van der Waals surface area contributed by atoms with Gasteiger partial charge in [-0.25, -0.2) is 0 Å². The number of Topliss-reactive ketones (excluding diaryl/α,β-unsaturated/α-hetero) is 3. The van der Waals surface area contributed by atoms with Gasteiger partial charge < -0.3 is 10.4 Å². The summed E-state index contributed by atoms with van der Waals surface area (Å²) in [5.74, 6) is -1.07. The first-order chi connectivity index (χ1) is 15.4. The van der Waals surface area contributed by atoms with Crippen molar-refractivity contribution in [3.63, 3.8) is 0 Å². The highest BCUT2D eigenvalue weighted by molar-refractivity contribution is 6.29. The summed E-state index contributed by atoms with van der Waals surface area (Å²) in [6.07, 6.45) is 15.8. The molecule has 32 heavy (non-hydrogen) atoms. The van der Waals surface area contributed by atoms with Crippen LogP contribution in [0.15, 0.2) is 0 Å². The van der Waals surface area contributed by atoms with Crippen LogP contribution in [0.2, 0.25) is 0 Å². The van der Waals surface area contributed by atoms with E-state index in [0.717, 1.165) is 77.0 Å². The number of rotatable bonds is 21. The zero-order valence-corrected chi connectivity index (χ0v) is 21.5. The number of halogens is 1. The van der Waals surface area contributed by atoms with Crippen molar-refractivity contribution in [1.82, 2.24) is 0 Å². The summed E-state index contributed by atoms with van der Waals surface area (Å²) in [6, 6.07) is 0. The van der Waals surface area contributed by atoms with Crippen LogP contribution in [0.25, 0.3) is 0 Å². The minimum absolute atomic E-state index is 0.167. The third-order valence-electron chi connectivity index (χ3n) is 5.84. The molecule has 0 aliphatic heterocycles. The number of nitrogens with two attached hydrogens (primary N) is 1. The molecule has 0 rings (SSSR count). The van der Waals surface area contributed by atoms with Crippen LogP contribution in [0.1, 0.15) is 136 Å². The molecule has 0 radical (unpaired) electrons. The molecule has 0 aliphatic rings. The van der Waals surface area contributed by atoms with E-state index in [-0.39, 0.29) is 47.9 Å². The van der Waals surface area contributed by atoms with Gasteiger partial charge in [0.1, 0.15) is 0 Å². The van der Waals surface area contributed by atoms with Gasteiger partial charge in [-0.05, 0) is 19.3 Å². The molecule has 0 aromatic heterocycles. The van der Waals surface area contributed by atoms with Gasteiger partial charge in [-0.3, -0.25) is 14.4 Å². The number of carbonyl (C=O) groups excluding carboxylic acids is 3. The average molecular weight is 478 g/mol. The van der Waals surface area contributed by atoms with E-state index >= 15 is 0 Å². The molecule has 0 saturated carbocycles. The Balaban J connectivity index is 0. The summed E-state index contributed by atoms with van der Waals surface area (Å²) >= 11 is -0.167. The normalized spacial score (nSPS) is 11.1. The van der Waals surface area contributed by atoms with Crippen molar-refractivity contribution in [2.24, 2.45) is 5.73 Å². The van der Waals surface area contributed by atoms with Crippen molar-refractivity contribution < 1.29 is 35.0 Å². The number of hydrogen-bond donors (Lipinski definition) is 2. The quantitative estimate of drug-likeness (QED) is 0.182. The molecule has 0 amide bonds. The lowest BCUT2D eigenvalue weighted by atomic mass is 9.79. The summed E-state index contributed by atoms with van der Waals surface area (Å²) in [5.41, 5.74) is 4.40. The summed E-state index contributed by atoms with van der Waals surface area (Å²) in [6.45, 7) is 6.44. The number of ketones is 3. The molecular formula is C25H48ClNO5. The molecule has 0 aliphatic carbocycles. The molecule has 6 nitrogen and oxygen atoms in total. The van der Waals surface area contributed by atoms with Crippen LogP contribution in [-0.2, 0) is 14.4 Å². The van der Waals surface area contributed by atoms with Gasteiger partial charge in [0.2, 0.25) is 0 Å². The fraction of sp³-hybridized carbons (Fsp3) is 0.880. The smallest absolute Gasteiger partial charge is 0.327 e. The van der Waals surface area contributed by atoms with E-state index in [0.29, 0.717) is 19.3 Å². The Morgan fingerprint density at radius 2 is 0.844 bits per heavy atom. The Hall–Kier alpha value is -0.820. The van der Waals surface area contributed by atoms with Crippen molar-refractivity contribution in [3.8, 4) is 0 Å². The molecule has 3 N–H and O–H groups in total. The first-order valence-corrected chi connectivity index (χ1v) is 13.3. The Labute approximate surface area is 200 Å². The Kier molecular flexibility index (Phi) is 24.3. The van der Waals surface area contributed by atoms with Gasteiger partial charge in [-0.1, -0.05) is 97.8 Å². The van der Waals surface area contributed by atoms with Crippen LogP contribution in [0, 0.1) is 11.3 Å². The van der Waals surface area contributed by atoms with Crippen molar-refractivity contribution in [1.29, 1.82) is 0 Å². The molecule has 190 valence electrons. The summed E-state index contributed by atoms with van der Waals surface area (Å²) in [7, 11) is 0. The molecule has 0 spiro atoms. The Morgan fingerprint density at radius 1 is 0.625 bits per heavy atom. The van der Waals surface area contributed by atoms with Gasteiger partial charge >= 0.3 is 11.3 Å². The third kappa shape index (κ3) is 15.9. The molecule has 0 atom stereocenters. The highest BCUT2D eigenvalue weighted by Gasteiger charge is 2.46. The average Bonchev–Trinajstić information content (AvgIpc) is 2.78. The van der Waals surface area contributed by atoms with Crippen LogP contribution >= 0.6 is 0 Å².